The maximum atomic E-state index is 5.96. The Morgan fingerprint density at radius 2 is 1.85 bits per heavy atom. The molecule has 112 valence electrons. The van der Waals surface area contributed by atoms with Crippen LogP contribution in [0.3, 0.4) is 0 Å². The molecule has 20 heavy (non-hydrogen) atoms. The van der Waals surface area contributed by atoms with E-state index >= 15 is 0 Å². The Kier molecular flexibility index (Phi) is 5.47. The highest BCUT2D eigenvalue weighted by atomic mass is 79.9. The maximum absolute atomic E-state index is 5.96. The molecule has 0 saturated carbocycles. The van der Waals surface area contributed by atoms with E-state index in [2.05, 4.69) is 57.8 Å². The standard InChI is InChI=1S/C16H26BrN3/c1-4-12(2)19-7-9-20(10-8-19)14-5-6-15(13(3)18)16(17)11-14/h5-6,11-13H,4,7-10,18H2,1-3H3/t12?,13-/m0/s1. The van der Waals surface area contributed by atoms with Crippen molar-refractivity contribution in [2.45, 2.75) is 39.3 Å². The number of hydrogen-bond acceptors (Lipinski definition) is 3. The molecule has 0 bridgehead atoms. The van der Waals surface area contributed by atoms with Gasteiger partial charge in [0.2, 0.25) is 0 Å². The van der Waals surface area contributed by atoms with Gasteiger partial charge in [-0.25, -0.2) is 0 Å². The maximum Gasteiger partial charge on any atom is 0.0378 e. The predicted molar refractivity (Wildman–Crippen MR) is 90.3 cm³/mol. The Morgan fingerprint density at radius 3 is 2.35 bits per heavy atom. The van der Waals surface area contributed by atoms with Crippen LogP contribution in [0.15, 0.2) is 22.7 Å². The van der Waals surface area contributed by atoms with Crippen molar-refractivity contribution < 1.29 is 0 Å². The lowest BCUT2D eigenvalue weighted by molar-refractivity contribution is 0.193. The first-order valence-corrected chi connectivity index (χ1v) is 8.36. The summed E-state index contributed by atoms with van der Waals surface area (Å²) in [6, 6.07) is 7.32. The summed E-state index contributed by atoms with van der Waals surface area (Å²) in [6.07, 6.45) is 1.23. The molecule has 1 fully saturated rings. The molecule has 1 aromatic rings. The SMILES string of the molecule is CCC(C)N1CCN(c2ccc([C@H](C)N)c(Br)c2)CC1. The van der Waals surface area contributed by atoms with E-state index in [1.165, 1.54) is 17.7 Å². The minimum absolute atomic E-state index is 0.0701. The Balaban J connectivity index is 2.02. The van der Waals surface area contributed by atoms with Crippen LogP contribution in [0.4, 0.5) is 5.69 Å². The average Bonchev–Trinajstić information content (AvgIpc) is 2.46. The molecule has 1 aromatic carbocycles. The minimum Gasteiger partial charge on any atom is -0.369 e. The molecular formula is C16H26BrN3. The van der Waals surface area contributed by atoms with Crippen molar-refractivity contribution in [3.05, 3.63) is 28.2 Å². The number of rotatable bonds is 4. The van der Waals surface area contributed by atoms with E-state index in [1.54, 1.807) is 0 Å². The van der Waals surface area contributed by atoms with E-state index in [9.17, 15) is 0 Å². The van der Waals surface area contributed by atoms with Crippen molar-refractivity contribution in [1.29, 1.82) is 0 Å². The number of piperazine rings is 1. The highest BCUT2D eigenvalue weighted by Gasteiger charge is 2.20. The van der Waals surface area contributed by atoms with Crippen LogP contribution in [0, 0.1) is 0 Å². The van der Waals surface area contributed by atoms with Gasteiger partial charge in [0.25, 0.3) is 0 Å². The molecule has 0 spiro atoms. The monoisotopic (exact) mass is 339 g/mol. The third-order valence-electron chi connectivity index (χ3n) is 4.37. The largest absolute Gasteiger partial charge is 0.369 e. The molecule has 1 saturated heterocycles. The van der Waals surface area contributed by atoms with Crippen molar-refractivity contribution in [2.75, 3.05) is 31.1 Å². The molecule has 2 N–H and O–H groups in total. The molecule has 0 aliphatic carbocycles. The molecule has 4 heteroatoms. The second kappa shape index (κ2) is 6.92. The summed E-state index contributed by atoms with van der Waals surface area (Å²) >= 11 is 3.64. The molecule has 0 amide bonds. The van der Waals surface area contributed by atoms with Gasteiger partial charge in [-0.05, 0) is 38.0 Å². The quantitative estimate of drug-likeness (QED) is 0.912. The fourth-order valence-corrected chi connectivity index (χ4v) is 3.49. The number of nitrogens with zero attached hydrogens (tertiary/aromatic N) is 2. The lowest BCUT2D eigenvalue weighted by Crippen LogP contribution is -2.49. The molecular weight excluding hydrogens is 314 g/mol. The smallest absolute Gasteiger partial charge is 0.0378 e. The van der Waals surface area contributed by atoms with Crippen molar-refractivity contribution >= 4 is 21.6 Å². The van der Waals surface area contributed by atoms with Crippen LogP contribution >= 0.6 is 15.9 Å². The van der Waals surface area contributed by atoms with Crippen molar-refractivity contribution in [1.82, 2.24) is 4.90 Å². The summed E-state index contributed by atoms with van der Waals surface area (Å²) in [5.74, 6) is 0. The number of halogens is 1. The first-order valence-electron chi connectivity index (χ1n) is 7.57. The summed E-state index contributed by atoms with van der Waals surface area (Å²) in [5, 5.41) is 0. The van der Waals surface area contributed by atoms with E-state index in [4.69, 9.17) is 5.73 Å². The summed E-state index contributed by atoms with van der Waals surface area (Å²) in [6.45, 7) is 11.1. The fourth-order valence-electron chi connectivity index (χ4n) is 2.76. The van der Waals surface area contributed by atoms with E-state index < -0.39 is 0 Å². The van der Waals surface area contributed by atoms with Gasteiger partial charge in [-0.1, -0.05) is 28.9 Å². The van der Waals surface area contributed by atoms with Gasteiger partial charge in [-0.15, -0.1) is 0 Å². The lowest BCUT2D eigenvalue weighted by Gasteiger charge is -2.39. The molecule has 1 unspecified atom stereocenters. The minimum atomic E-state index is 0.0701. The number of nitrogens with two attached hydrogens (primary N) is 1. The van der Waals surface area contributed by atoms with E-state index in [0.29, 0.717) is 6.04 Å². The van der Waals surface area contributed by atoms with Crippen LogP contribution in [0.5, 0.6) is 0 Å². The predicted octanol–water partition coefficient (Wildman–Crippen LogP) is 3.39. The van der Waals surface area contributed by atoms with Crippen LogP contribution in [0.2, 0.25) is 0 Å². The van der Waals surface area contributed by atoms with Gasteiger partial charge >= 0.3 is 0 Å². The number of benzene rings is 1. The zero-order valence-corrected chi connectivity index (χ0v) is 14.4. The molecule has 0 aromatic heterocycles. The number of hydrogen-bond donors (Lipinski definition) is 1. The molecule has 3 nitrogen and oxygen atoms in total. The van der Waals surface area contributed by atoms with E-state index in [1.807, 2.05) is 6.92 Å². The van der Waals surface area contributed by atoms with Crippen LogP contribution in [0.25, 0.3) is 0 Å². The molecule has 2 rings (SSSR count). The molecule has 1 aliphatic rings. The summed E-state index contributed by atoms with van der Waals surface area (Å²) in [4.78, 5) is 5.05. The highest BCUT2D eigenvalue weighted by Crippen LogP contribution is 2.28. The molecule has 2 atom stereocenters. The Hall–Kier alpha value is -0.580. The van der Waals surface area contributed by atoms with Gasteiger partial charge in [0.15, 0.2) is 0 Å². The van der Waals surface area contributed by atoms with Crippen LogP contribution < -0.4 is 10.6 Å². The van der Waals surface area contributed by atoms with Gasteiger partial charge < -0.3 is 10.6 Å². The van der Waals surface area contributed by atoms with Gasteiger partial charge in [0.05, 0.1) is 0 Å². The van der Waals surface area contributed by atoms with Gasteiger partial charge in [0, 0.05) is 48.4 Å². The zero-order valence-electron chi connectivity index (χ0n) is 12.8. The molecule has 0 radical (unpaired) electrons. The highest BCUT2D eigenvalue weighted by molar-refractivity contribution is 9.10. The van der Waals surface area contributed by atoms with Crippen molar-refractivity contribution in [2.24, 2.45) is 5.73 Å². The van der Waals surface area contributed by atoms with Gasteiger partial charge in [-0.2, -0.15) is 0 Å². The Labute approximate surface area is 131 Å². The van der Waals surface area contributed by atoms with E-state index in [0.717, 1.165) is 30.7 Å². The second-order valence-electron chi connectivity index (χ2n) is 5.77. The van der Waals surface area contributed by atoms with Gasteiger partial charge in [-0.3, -0.25) is 4.90 Å². The average molecular weight is 340 g/mol. The third-order valence-corrected chi connectivity index (χ3v) is 5.05. The zero-order chi connectivity index (χ0) is 14.7. The Morgan fingerprint density at radius 1 is 1.20 bits per heavy atom. The summed E-state index contributed by atoms with van der Waals surface area (Å²) in [5.41, 5.74) is 8.43. The van der Waals surface area contributed by atoms with Crippen LogP contribution in [-0.4, -0.2) is 37.1 Å². The van der Waals surface area contributed by atoms with Crippen LogP contribution in [0.1, 0.15) is 38.8 Å². The van der Waals surface area contributed by atoms with Gasteiger partial charge in [0.1, 0.15) is 0 Å². The second-order valence-corrected chi connectivity index (χ2v) is 6.63. The molecule has 1 aliphatic heterocycles. The van der Waals surface area contributed by atoms with Crippen molar-refractivity contribution in [3.8, 4) is 0 Å². The molecule has 1 heterocycles. The number of anilines is 1. The first kappa shape index (κ1) is 15.8. The van der Waals surface area contributed by atoms with Crippen LogP contribution in [-0.2, 0) is 0 Å². The third kappa shape index (κ3) is 3.54. The Bertz CT molecular complexity index is 439. The summed E-state index contributed by atoms with van der Waals surface area (Å²) in [7, 11) is 0. The first-order chi connectivity index (χ1) is 9.52. The van der Waals surface area contributed by atoms with E-state index in [-0.39, 0.29) is 6.04 Å². The van der Waals surface area contributed by atoms with Crippen molar-refractivity contribution in [3.63, 3.8) is 0 Å². The fraction of sp³-hybridized carbons (Fsp3) is 0.625. The summed E-state index contributed by atoms with van der Waals surface area (Å²) < 4.78 is 1.12. The normalized spacial score (nSPS) is 19.9. The lowest BCUT2D eigenvalue weighted by atomic mass is 10.1. The topological polar surface area (TPSA) is 32.5 Å².